The zero-order valence-electron chi connectivity index (χ0n) is 11.1. The van der Waals surface area contributed by atoms with Crippen molar-refractivity contribution in [2.75, 3.05) is 11.9 Å². The predicted molar refractivity (Wildman–Crippen MR) is 79.9 cm³/mol. The van der Waals surface area contributed by atoms with E-state index < -0.39 is 5.82 Å². The van der Waals surface area contributed by atoms with Gasteiger partial charge in [-0.05, 0) is 35.9 Å². The van der Waals surface area contributed by atoms with E-state index in [1.165, 1.54) is 12.1 Å². The SMILES string of the molecule is NCc1cccc(OCC(=O)Nc2ccc(F)cc2Cl)c1. The summed E-state index contributed by atoms with van der Waals surface area (Å²) in [6.45, 7) is 0.219. The molecule has 0 saturated carbocycles. The lowest BCUT2D eigenvalue weighted by Crippen LogP contribution is -2.20. The first-order valence-electron chi connectivity index (χ1n) is 6.25. The summed E-state index contributed by atoms with van der Waals surface area (Å²) in [5, 5.41) is 2.68. The van der Waals surface area contributed by atoms with E-state index in [-0.39, 0.29) is 17.5 Å². The molecule has 0 aliphatic carbocycles. The van der Waals surface area contributed by atoms with E-state index in [9.17, 15) is 9.18 Å². The van der Waals surface area contributed by atoms with E-state index in [0.29, 0.717) is 18.0 Å². The Bertz CT molecular complexity index is 649. The van der Waals surface area contributed by atoms with Gasteiger partial charge in [0.25, 0.3) is 5.91 Å². The minimum Gasteiger partial charge on any atom is -0.484 e. The quantitative estimate of drug-likeness (QED) is 0.892. The molecule has 0 heterocycles. The summed E-state index contributed by atoms with van der Waals surface area (Å²) in [7, 11) is 0. The molecule has 110 valence electrons. The van der Waals surface area contributed by atoms with Gasteiger partial charge in [-0.25, -0.2) is 4.39 Å². The fourth-order valence-corrected chi connectivity index (χ4v) is 1.90. The third-order valence-corrected chi connectivity index (χ3v) is 3.02. The summed E-state index contributed by atoms with van der Waals surface area (Å²) in [5.74, 6) is -0.298. The van der Waals surface area contributed by atoms with Crippen molar-refractivity contribution in [3.8, 4) is 5.75 Å². The summed E-state index contributed by atoms with van der Waals surface area (Å²) >= 11 is 5.82. The maximum atomic E-state index is 12.9. The second-order valence-electron chi connectivity index (χ2n) is 4.31. The van der Waals surface area contributed by atoms with Crippen molar-refractivity contribution in [2.45, 2.75) is 6.54 Å². The topological polar surface area (TPSA) is 64.3 Å². The molecule has 0 aromatic heterocycles. The van der Waals surface area contributed by atoms with E-state index in [0.717, 1.165) is 11.6 Å². The van der Waals surface area contributed by atoms with Crippen LogP contribution in [-0.2, 0) is 11.3 Å². The van der Waals surface area contributed by atoms with Crippen molar-refractivity contribution in [2.24, 2.45) is 5.73 Å². The molecule has 1 amide bonds. The molecule has 21 heavy (non-hydrogen) atoms. The van der Waals surface area contributed by atoms with Gasteiger partial charge < -0.3 is 15.8 Å². The maximum Gasteiger partial charge on any atom is 0.262 e. The molecule has 0 radical (unpaired) electrons. The highest BCUT2D eigenvalue weighted by molar-refractivity contribution is 6.33. The van der Waals surface area contributed by atoms with Crippen molar-refractivity contribution in [3.63, 3.8) is 0 Å². The summed E-state index contributed by atoms with van der Waals surface area (Å²) in [6.07, 6.45) is 0. The number of ether oxygens (including phenoxy) is 1. The Morgan fingerprint density at radius 1 is 1.29 bits per heavy atom. The molecule has 0 fully saturated rings. The standard InChI is InChI=1S/C15H14ClFN2O2/c16-13-7-11(17)4-5-14(13)19-15(20)9-21-12-3-1-2-10(6-12)8-18/h1-7H,8-9,18H2,(H,19,20). The number of benzene rings is 2. The molecule has 6 heteroatoms. The first-order chi connectivity index (χ1) is 10.1. The van der Waals surface area contributed by atoms with Crippen molar-refractivity contribution in [1.29, 1.82) is 0 Å². The number of halogens is 2. The Morgan fingerprint density at radius 3 is 2.81 bits per heavy atom. The molecule has 2 aromatic carbocycles. The van der Waals surface area contributed by atoms with Crippen LogP contribution in [0.3, 0.4) is 0 Å². The summed E-state index contributed by atoms with van der Waals surface area (Å²) < 4.78 is 18.3. The lowest BCUT2D eigenvalue weighted by Gasteiger charge is -2.09. The number of amides is 1. The van der Waals surface area contributed by atoms with Crippen molar-refractivity contribution >= 4 is 23.2 Å². The van der Waals surface area contributed by atoms with Crippen LogP contribution < -0.4 is 15.8 Å². The number of hydrogen-bond acceptors (Lipinski definition) is 3. The highest BCUT2D eigenvalue weighted by atomic mass is 35.5. The summed E-state index contributed by atoms with van der Waals surface area (Å²) in [6, 6.07) is 10.9. The van der Waals surface area contributed by atoms with Gasteiger partial charge in [-0.2, -0.15) is 0 Å². The van der Waals surface area contributed by atoms with Crippen LogP contribution in [0.1, 0.15) is 5.56 Å². The molecule has 0 bridgehead atoms. The van der Waals surface area contributed by atoms with E-state index in [2.05, 4.69) is 5.32 Å². The third-order valence-electron chi connectivity index (χ3n) is 2.71. The van der Waals surface area contributed by atoms with E-state index in [1.54, 1.807) is 18.2 Å². The van der Waals surface area contributed by atoms with Gasteiger partial charge in [0.1, 0.15) is 11.6 Å². The number of rotatable bonds is 5. The Labute approximate surface area is 126 Å². The lowest BCUT2D eigenvalue weighted by molar-refractivity contribution is -0.118. The lowest BCUT2D eigenvalue weighted by atomic mass is 10.2. The first-order valence-corrected chi connectivity index (χ1v) is 6.63. The second kappa shape index (κ2) is 7.06. The van der Waals surface area contributed by atoms with Crippen molar-refractivity contribution < 1.29 is 13.9 Å². The van der Waals surface area contributed by atoms with Crippen molar-refractivity contribution in [3.05, 3.63) is 58.9 Å². The molecule has 0 aliphatic heterocycles. The van der Waals surface area contributed by atoms with E-state index in [1.807, 2.05) is 6.07 Å². The number of carbonyl (C=O) groups is 1. The van der Waals surface area contributed by atoms with E-state index in [4.69, 9.17) is 22.1 Å². The number of anilines is 1. The highest BCUT2D eigenvalue weighted by Crippen LogP contribution is 2.22. The Kier molecular flexibility index (Phi) is 5.14. The Balaban J connectivity index is 1.92. The molecular weight excluding hydrogens is 295 g/mol. The highest BCUT2D eigenvalue weighted by Gasteiger charge is 2.07. The summed E-state index contributed by atoms with van der Waals surface area (Å²) in [5.41, 5.74) is 6.77. The Hall–Kier alpha value is -2.11. The molecular formula is C15H14ClFN2O2. The second-order valence-corrected chi connectivity index (χ2v) is 4.72. The number of hydrogen-bond donors (Lipinski definition) is 2. The predicted octanol–water partition coefficient (Wildman–Crippen LogP) is 2.96. The first kappa shape index (κ1) is 15.3. The minimum absolute atomic E-state index is 0.133. The number of nitrogens with two attached hydrogens (primary N) is 1. The van der Waals surface area contributed by atoms with Gasteiger partial charge >= 0.3 is 0 Å². The van der Waals surface area contributed by atoms with Gasteiger partial charge in [-0.1, -0.05) is 23.7 Å². The van der Waals surface area contributed by atoms with Crippen molar-refractivity contribution in [1.82, 2.24) is 0 Å². The zero-order valence-corrected chi connectivity index (χ0v) is 11.9. The monoisotopic (exact) mass is 308 g/mol. The molecule has 0 spiro atoms. The number of nitrogens with one attached hydrogen (secondary N) is 1. The van der Waals surface area contributed by atoms with Crippen LogP contribution in [0, 0.1) is 5.82 Å². The zero-order chi connectivity index (χ0) is 15.2. The molecule has 0 aliphatic rings. The molecule has 4 nitrogen and oxygen atoms in total. The minimum atomic E-state index is -0.465. The summed E-state index contributed by atoms with van der Waals surface area (Å²) in [4.78, 5) is 11.8. The fraction of sp³-hybridized carbons (Fsp3) is 0.133. The molecule has 0 saturated heterocycles. The average molecular weight is 309 g/mol. The van der Waals surface area contributed by atoms with Crippen LogP contribution in [0.4, 0.5) is 10.1 Å². The van der Waals surface area contributed by atoms with Crippen LogP contribution in [0.25, 0.3) is 0 Å². The Morgan fingerprint density at radius 2 is 2.10 bits per heavy atom. The molecule has 3 N–H and O–H groups in total. The largest absolute Gasteiger partial charge is 0.484 e. The van der Waals surface area contributed by atoms with Gasteiger partial charge in [-0.3, -0.25) is 4.79 Å². The van der Waals surface area contributed by atoms with Crippen LogP contribution in [0.5, 0.6) is 5.75 Å². The average Bonchev–Trinajstić information content (AvgIpc) is 2.48. The van der Waals surface area contributed by atoms with Crippen LogP contribution >= 0.6 is 11.6 Å². The van der Waals surface area contributed by atoms with Gasteiger partial charge in [-0.15, -0.1) is 0 Å². The normalized spacial score (nSPS) is 10.2. The van der Waals surface area contributed by atoms with Crippen LogP contribution in [0.15, 0.2) is 42.5 Å². The van der Waals surface area contributed by atoms with Crippen LogP contribution in [0.2, 0.25) is 5.02 Å². The maximum absolute atomic E-state index is 12.9. The fourth-order valence-electron chi connectivity index (χ4n) is 1.69. The third kappa shape index (κ3) is 4.44. The molecule has 0 unspecified atom stereocenters. The van der Waals surface area contributed by atoms with Gasteiger partial charge in [0, 0.05) is 6.54 Å². The van der Waals surface area contributed by atoms with Gasteiger partial charge in [0.15, 0.2) is 6.61 Å². The number of carbonyl (C=O) groups excluding carboxylic acids is 1. The van der Waals surface area contributed by atoms with Gasteiger partial charge in [0.2, 0.25) is 0 Å². The molecule has 0 atom stereocenters. The molecule has 2 aromatic rings. The van der Waals surface area contributed by atoms with Gasteiger partial charge in [0.05, 0.1) is 10.7 Å². The molecule has 2 rings (SSSR count). The smallest absolute Gasteiger partial charge is 0.262 e. The van der Waals surface area contributed by atoms with Crippen LogP contribution in [-0.4, -0.2) is 12.5 Å². The van der Waals surface area contributed by atoms with E-state index >= 15 is 0 Å².